The van der Waals surface area contributed by atoms with Gasteiger partial charge in [0.25, 0.3) is 0 Å². The third kappa shape index (κ3) is 10.0. The maximum Gasteiger partial charge on any atom is 0.367 e. The van der Waals surface area contributed by atoms with Crippen molar-refractivity contribution in [1.29, 1.82) is 0 Å². The first kappa shape index (κ1) is 31.3. The molecule has 0 spiro atoms. The van der Waals surface area contributed by atoms with Gasteiger partial charge in [-0.2, -0.15) is 4.57 Å². The molecular weight excluding hydrogens is 534 g/mol. The van der Waals surface area contributed by atoms with Crippen LogP contribution < -0.4 is 29.4 Å². The second-order valence-corrected chi connectivity index (χ2v) is 10.2. The Hall–Kier alpha value is -3.66. The molecule has 0 aliphatic carbocycles. The van der Waals surface area contributed by atoms with Crippen molar-refractivity contribution >= 4 is 5.91 Å². The number of aromatic nitrogens is 1. The first-order valence-corrected chi connectivity index (χ1v) is 14.7. The van der Waals surface area contributed by atoms with Gasteiger partial charge in [0.05, 0.1) is 45.6 Å². The molecule has 2 atom stereocenters. The summed E-state index contributed by atoms with van der Waals surface area (Å²) < 4.78 is 31.4. The third-order valence-corrected chi connectivity index (χ3v) is 7.23. The summed E-state index contributed by atoms with van der Waals surface area (Å²) in [6.07, 6.45) is 3.82. The van der Waals surface area contributed by atoms with Crippen LogP contribution in [0.4, 0.5) is 0 Å². The van der Waals surface area contributed by atoms with E-state index in [2.05, 4.69) is 28.8 Å². The van der Waals surface area contributed by atoms with E-state index in [1.807, 2.05) is 59.3 Å². The zero-order chi connectivity index (χ0) is 29.4. The zero-order valence-electron chi connectivity index (χ0n) is 24.8. The summed E-state index contributed by atoms with van der Waals surface area (Å²) in [5.74, 6) is 2.74. The molecule has 1 aliphatic rings. The number of nitrogens with zero attached hydrogens (tertiary/aromatic N) is 1. The first-order valence-electron chi connectivity index (χ1n) is 14.7. The Morgan fingerprint density at radius 3 is 2.60 bits per heavy atom. The number of hydrogen-bond acceptors (Lipinski definition) is 7. The Kier molecular flexibility index (Phi) is 12.9. The normalized spacial score (nSPS) is 16.5. The largest absolute Gasteiger partial charge is 0.496 e. The molecule has 2 aromatic carbocycles. The average Bonchev–Trinajstić information content (AvgIpc) is 3.02. The van der Waals surface area contributed by atoms with Crippen LogP contribution in [-0.4, -0.2) is 71.8 Å². The molecule has 1 saturated heterocycles. The topological polar surface area (TPSA) is 91.2 Å². The van der Waals surface area contributed by atoms with E-state index in [1.165, 1.54) is 12.5 Å². The Balaban J connectivity index is 1.17. The number of rotatable bonds is 17. The molecule has 2 N–H and O–H groups in total. The van der Waals surface area contributed by atoms with Gasteiger partial charge in [0, 0.05) is 25.5 Å². The van der Waals surface area contributed by atoms with Crippen molar-refractivity contribution in [3.05, 3.63) is 84.1 Å². The highest BCUT2D eigenvalue weighted by Gasteiger charge is 2.27. The van der Waals surface area contributed by atoms with E-state index in [1.54, 1.807) is 7.11 Å². The summed E-state index contributed by atoms with van der Waals surface area (Å²) in [5, 5.41) is 6.27. The maximum atomic E-state index is 11.2. The number of ether oxygens (including phenoxy) is 5. The molecule has 3 aromatic rings. The van der Waals surface area contributed by atoms with Gasteiger partial charge in [-0.3, -0.25) is 4.79 Å². The summed E-state index contributed by atoms with van der Waals surface area (Å²) >= 11 is 0. The lowest BCUT2D eigenvalue weighted by Gasteiger charge is -2.32. The second-order valence-electron chi connectivity index (χ2n) is 10.2. The van der Waals surface area contributed by atoms with E-state index >= 15 is 0 Å². The van der Waals surface area contributed by atoms with Crippen molar-refractivity contribution in [3.63, 3.8) is 0 Å². The lowest BCUT2D eigenvalue weighted by Crippen LogP contribution is -2.42. The molecule has 1 aliphatic heterocycles. The number of carbonyl (C=O) groups excluding carboxylic acids is 1. The Morgan fingerprint density at radius 1 is 0.952 bits per heavy atom. The van der Waals surface area contributed by atoms with Crippen molar-refractivity contribution in [2.45, 2.75) is 38.3 Å². The van der Waals surface area contributed by atoms with Gasteiger partial charge in [-0.15, -0.1) is 0 Å². The molecule has 42 heavy (non-hydrogen) atoms. The van der Waals surface area contributed by atoms with Gasteiger partial charge in [-0.05, 0) is 54.8 Å². The van der Waals surface area contributed by atoms with Crippen LogP contribution in [0.15, 0.2) is 72.9 Å². The number of pyridine rings is 1. The quantitative estimate of drug-likeness (QED) is 0.188. The summed E-state index contributed by atoms with van der Waals surface area (Å²) in [5.41, 5.74) is 2.39. The highest BCUT2D eigenvalue weighted by atomic mass is 16.5. The Morgan fingerprint density at radius 2 is 1.76 bits per heavy atom. The van der Waals surface area contributed by atoms with Crippen molar-refractivity contribution in [2.24, 2.45) is 0 Å². The van der Waals surface area contributed by atoms with E-state index in [0.29, 0.717) is 52.0 Å². The molecular formula is C33H44N3O6+. The summed E-state index contributed by atoms with van der Waals surface area (Å²) in [6, 6.07) is 22.2. The predicted octanol–water partition coefficient (Wildman–Crippen LogP) is 3.30. The van der Waals surface area contributed by atoms with Crippen molar-refractivity contribution < 1.29 is 33.0 Å². The molecule has 9 nitrogen and oxygen atoms in total. The number of amides is 1. The number of hydrogen-bond donors (Lipinski definition) is 2. The van der Waals surface area contributed by atoms with Crippen LogP contribution in [0, 0.1) is 0 Å². The van der Waals surface area contributed by atoms with Gasteiger partial charge < -0.3 is 34.3 Å². The zero-order valence-corrected chi connectivity index (χ0v) is 24.8. The minimum atomic E-state index is -0.0399. The minimum Gasteiger partial charge on any atom is -0.496 e. The molecule has 0 radical (unpaired) electrons. The van der Waals surface area contributed by atoms with Crippen LogP contribution >= 0.6 is 0 Å². The monoisotopic (exact) mass is 578 g/mol. The van der Waals surface area contributed by atoms with E-state index < -0.39 is 0 Å². The van der Waals surface area contributed by atoms with Crippen molar-refractivity contribution in [3.8, 4) is 17.4 Å². The number of benzene rings is 2. The van der Waals surface area contributed by atoms with E-state index in [4.69, 9.17) is 23.7 Å². The van der Waals surface area contributed by atoms with E-state index in [0.717, 1.165) is 48.9 Å². The van der Waals surface area contributed by atoms with Crippen molar-refractivity contribution in [1.82, 2.24) is 10.6 Å². The summed E-state index contributed by atoms with van der Waals surface area (Å²) in [7, 11) is 1.69. The molecule has 1 amide bonds. The number of nitrogens with one attached hydrogen (secondary N) is 2. The van der Waals surface area contributed by atoms with Crippen LogP contribution in [-0.2, 0) is 27.2 Å². The van der Waals surface area contributed by atoms with Gasteiger partial charge in [0.1, 0.15) is 24.7 Å². The lowest BCUT2D eigenvalue weighted by molar-refractivity contribution is -0.700. The van der Waals surface area contributed by atoms with Gasteiger partial charge in [0.2, 0.25) is 5.91 Å². The average molecular weight is 579 g/mol. The Labute approximate surface area is 249 Å². The number of methoxy groups -OCH3 is 1. The minimum absolute atomic E-state index is 0.0399. The SMILES string of the molecule is COc1ccccc1CCOCCOc1ccc([C@H]2CCNC[C@@H]2OCCOc2cccc[n+]2CCNC(C)=O)cc1. The second kappa shape index (κ2) is 17.3. The molecule has 226 valence electrons. The maximum absolute atomic E-state index is 11.2. The number of para-hydroxylation sites is 1. The molecule has 0 bridgehead atoms. The number of piperidine rings is 1. The molecule has 4 rings (SSSR count). The molecule has 2 heterocycles. The van der Waals surface area contributed by atoms with Crippen LogP contribution in [0.1, 0.15) is 30.4 Å². The van der Waals surface area contributed by atoms with Gasteiger partial charge in [-0.25, -0.2) is 0 Å². The molecule has 1 aromatic heterocycles. The predicted molar refractivity (Wildman–Crippen MR) is 160 cm³/mol. The fraction of sp³-hybridized carbons (Fsp3) is 0.455. The van der Waals surface area contributed by atoms with Crippen LogP contribution in [0.5, 0.6) is 17.4 Å². The van der Waals surface area contributed by atoms with Gasteiger partial charge in [0.15, 0.2) is 12.7 Å². The first-order chi connectivity index (χ1) is 20.6. The van der Waals surface area contributed by atoms with Crippen LogP contribution in [0.25, 0.3) is 0 Å². The molecule has 1 fully saturated rings. The fourth-order valence-corrected chi connectivity index (χ4v) is 5.08. The third-order valence-electron chi connectivity index (χ3n) is 7.23. The standard InChI is InChI=1S/C33H43N3O6/c1-26(37)35-17-19-36-18-6-5-9-33(36)42-24-23-41-32-25-34-16-14-30(32)27-10-12-29(13-11-27)40-22-21-39-20-15-28-7-3-4-8-31(28)38-2/h3-13,18,30,32,34H,14-17,19-25H2,1-2H3/p+1/t30-,32+/m1/s1. The van der Waals surface area contributed by atoms with Crippen LogP contribution in [0.2, 0.25) is 0 Å². The lowest BCUT2D eigenvalue weighted by atomic mass is 9.88. The van der Waals surface area contributed by atoms with E-state index in [-0.39, 0.29) is 12.0 Å². The molecule has 0 saturated carbocycles. The van der Waals surface area contributed by atoms with E-state index in [9.17, 15) is 4.79 Å². The fourth-order valence-electron chi connectivity index (χ4n) is 5.08. The summed E-state index contributed by atoms with van der Waals surface area (Å²) in [4.78, 5) is 11.2. The van der Waals surface area contributed by atoms with Crippen LogP contribution in [0.3, 0.4) is 0 Å². The highest BCUT2D eigenvalue weighted by Crippen LogP contribution is 2.29. The van der Waals surface area contributed by atoms with Gasteiger partial charge in [-0.1, -0.05) is 30.3 Å². The Bertz CT molecular complexity index is 1220. The summed E-state index contributed by atoms with van der Waals surface area (Å²) in [6.45, 7) is 7.05. The smallest absolute Gasteiger partial charge is 0.367 e. The number of carbonyl (C=O) groups is 1. The molecule has 0 unspecified atom stereocenters. The highest BCUT2D eigenvalue weighted by molar-refractivity contribution is 5.72. The van der Waals surface area contributed by atoms with Crippen molar-refractivity contribution in [2.75, 3.05) is 59.8 Å². The van der Waals surface area contributed by atoms with Gasteiger partial charge >= 0.3 is 5.88 Å². The molecule has 9 heteroatoms.